The van der Waals surface area contributed by atoms with Gasteiger partial charge in [0.15, 0.2) is 0 Å². The fraction of sp³-hybridized carbons (Fsp3) is 0.381. The number of aryl methyl sites for hydroxylation is 1. The zero-order valence-corrected chi connectivity index (χ0v) is 19.5. The van der Waals surface area contributed by atoms with Crippen molar-refractivity contribution in [3.63, 3.8) is 0 Å². The Morgan fingerprint density at radius 3 is 2.21 bits per heavy atom. The van der Waals surface area contributed by atoms with Crippen molar-refractivity contribution < 1.29 is 13.2 Å². The Balaban J connectivity index is 2.21. The lowest BCUT2D eigenvalue weighted by molar-refractivity contribution is -0.119. The first-order chi connectivity index (χ1) is 13.5. The van der Waals surface area contributed by atoms with Crippen molar-refractivity contribution in [3.05, 3.63) is 59.1 Å². The number of carbonyl (C=O) groups excluding carboxylic acids is 1. The van der Waals surface area contributed by atoms with E-state index in [4.69, 9.17) is 11.6 Å². The highest BCUT2D eigenvalue weighted by Gasteiger charge is 2.27. The molecule has 0 radical (unpaired) electrons. The van der Waals surface area contributed by atoms with E-state index in [9.17, 15) is 13.2 Å². The molecular weight excluding hydrogens is 428 g/mol. The molecule has 8 heteroatoms. The molecule has 1 N–H and O–H groups in total. The van der Waals surface area contributed by atoms with Crippen molar-refractivity contribution in [1.82, 2.24) is 5.32 Å². The van der Waals surface area contributed by atoms with E-state index < -0.39 is 10.0 Å². The van der Waals surface area contributed by atoms with Crippen molar-refractivity contribution in [2.45, 2.75) is 37.3 Å². The van der Waals surface area contributed by atoms with Gasteiger partial charge in [-0.1, -0.05) is 50.1 Å². The zero-order valence-electron chi connectivity index (χ0n) is 17.1. The molecule has 158 valence electrons. The normalized spacial score (nSPS) is 11.9. The second kappa shape index (κ2) is 9.87. The van der Waals surface area contributed by atoms with Crippen LogP contribution in [-0.4, -0.2) is 37.9 Å². The van der Waals surface area contributed by atoms with Crippen LogP contribution in [0.25, 0.3) is 0 Å². The van der Waals surface area contributed by atoms with Crippen LogP contribution in [0.1, 0.15) is 26.3 Å². The third-order valence-corrected chi connectivity index (χ3v) is 7.28. The lowest BCUT2D eigenvalue weighted by Gasteiger charge is -2.24. The Morgan fingerprint density at radius 2 is 1.66 bits per heavy atom. The summed E-state index contributed by atoms with van der Waals surface area (Å²) in [7, 11) is -3.92. The monoisotopic (exact) mass is 454 g/mol. The smallest absolute Gasteiger partial charge is 0.264 e. The number of hydrogen-bond donors (Lipinski definition) is 1. The Kier molecular flexibility index (Phi) is 8.02. The van der Waals surface area contributed by atoms with E-state index in [0.717, 1.165) is 15.6 Å². The molecule has 0 aliphatic carbocycles. The van der Waals surface area contributed by atoms with Gasteiger partial charge in [-0.05, 0) is 43.3 Å². The number of nitrogens with one attached hydrogen (secondary N) is 1. The van der Waals surface area contributed by atoms with Gasteiger partial charge in [0.25, 0.3) is 10.0 Å². The minimum absolute atomic E-state index is 0.0820. The first-order valence-electron chi connectivity index (χ1n) is 9.25. The molecule has 0 heterocycles. The lowest BCUT2D eigenvalue weighted by Crippen LogP contribution is -2.41. The third kappa shape index (κ3) is 7.24. The number of carbonyl (C=O) groups is 1. The van der Waals surface area contributed by atoms with E-state index in [-0.39, 0.29) is 22.1 Å². The highest BCUT2D eigenvalue weighted by molar-refractivity contribution is 8.00. The summed E-state index contributed by atoms with van der Waals surface area (Å²) in [4.78, 5) is 12.6. The maximum Gasteiger partial charge on any atom is 0.264 e. The minimum atomic E-state index is -3.92. The maximum absolute atomic E-state index is 13.2. The predicted octanol–water partition coefficient (Wildman–Crippen LogP) is 4.49. The van der Waals surface area contributed by atoms with Crippen molar-refractivity contribution in [2.75, 3.05) is 23.1 Å². The van der Waals surface area contributed by atoms with Gasteiger partial charge in [-0.25, -0.2) is 8.42 Å². The first-order valence-corrected chi connectivity index (χ1v) is 12.0. The molecular formula is C21H27ClN2O3S2. The molecule has 2 aromatic carbocycles. The molecule has 0 aliphatic heterocycles. The molecule has 2 rings (SSSR count). The standard InChI is InChI=1S/C21H27ClN2O3S2/c1-16-5-9-18(10-6-16)24(15-20(25)23-13-14-28-21(2,3)4)29(26,27)19-11-7-17(22)8-12-19/h5-12H,13-15H2,1-4H3,(H,23,25). The van der Waals surface area contributed by atoms with Gasteiger partial charge in [0.2, 0.25) is 5.91 Å². The second-order valence-corrected chi connectivity index (χ2v) is 11.8. The molecule has 2 aromatic rings. The molecule has 5 nitrogen and oxygen atoms in total. The number of halogens is 1. The Hall–Kier alpha value is -1.70. The number of thioether (sulfide) groups is 1. The topological polar surface area (TPSA) is 66.5 Å². The summed E-state index contributed by atoms with van der Waals surface area (Å²) >= 11 is 7.63. The van der Waals surface area contributed by atoms with Gasteiger partial charge in [0, 0.05) is 22.1 Å². The number of amides is 1. The largest absolute Gasteiger partial charge is 0.354 e. The highest BCUT2D eigenvalue weighted by Crippen LogP contribution is 2.25. The van der Waals surface area contributed by atoms with E-state index >= 15 is 0 Å². The predicted molar refractivity (Wildman–Crippen MR) is 122 cm³/mol. The average molecular weight is 455 g/mol. The van der Waals surface area contributed by atoms with Gasteiger partial charge < -0.3 is 5.32 Å². The van der Waals surface area contributed by atoms with E-state index in [2.05, 4.69) is 26.1 Å². The molecule has 0 fully saturated rings. The summed E-state index contributed by atoms with van der Waals surface area (Å²) in [5.41, 5.74) is 1.44. The van der Waals surface area contributed by atoms with Gasteiger partial charge >= 0.3 is 0 Å². The second-order valence-electron chi connectivity index (χ2n) is 7.61. The van der Waals surface area contributed by atoms with Crippen LogP contribution >= 0.6 is 23.4 Å². The van der Waals surface area contributed by atoms with E-state index in [1.165, 1.54) is 24.3 Å². The fourth-order valence-electron chi connectivity index (χ4n) is 2.49. The van der Waals surface area contributed by atoms with Crippen molar-refractivity contribution in [3.8, 4) is 0 Å². The molecule has 0 bridgehead atoms. The number of hydrogen-bond acceptors (Lipinski definition) is 4. The van der Waals surface area contributed by atoms with Crippen molar-refractivity contribution in [1.29, 1.82) is 0 Å². The number of rotatable bonds is 8. The summed E-state index contributed by atoms with van der Waals surface area (Å²) < 4.78 is 27.7. The van der Waals surface area contributed by atoms with E-state index in [1.807, 2.05) is 19.1 Å². The number of benzene rings is 2. The number of nitrogens with zero attached hydrogens (tertiary/aromatic N) is 1. The molecule has 0 saturated carbocycles. The van der Waals surface area contributed by atoms with Crippen LogP contribution in [-0.2, 0) is 14.8 Å². The summed E-state index contributed by atoms with van der Waals surface area (Å²) in [6.45, 7) is 8.42. The summed E-state index contributed by atoms with van der Waals surface area (Å²) in [5.74, 6) is 0.404. The highest BCUT2D eigenvalue weighted by atomic mass is 35.5. The van der Waals surface area contributed by atoms with E-state index in [0.29, 0.717) is 17.3 Å². The maximum atomic E-state index is 13.2. The van der Waals surface area contributed by atoms with E-state index in [1.54, 1.807) is 23.9 Å². The van der Waals surface area contributed by atoms with Crippen LogP contribution in [0, 0.1) is 6.92 Å². The quantitative estimate of drug-likeness (QED) is 0.596. The molecule has 0 aromatic heterocycles. The SMILES string of the molecule is Cc1ccc(N(CC(=O)NCCSC(C)(C)C)S(=O)(=O)c2ccc(Cl)cc2)cc1. The molecule has 0 spiro atoms. The number of anilines is 1. The van der Waals surface area contributed by atoms with Crippen LogP contribution in [0.2, 0.25) is 5.02 Å². The van der Waals surface area contributed by atoms with Crippen LogP contribution in [0.4, 0.5) is 5.69 Å². The Bertz CT molecular complexity index is 922. The van der Waals surface area contributed by atoms with Crippen LogP contribution in [0.5, 0.6) is 0 Å². The van der Waals surface area contributed by atoms with Gasteiger partial charge in [-0.2, -0.15) is 11.8 Å². The summed E-state index contributed by atoms with van der Waals surface area (Å²) in [6, 6.07) is 13.0. The fourth-order valence-corrected chi connectivity index (χ4v) is 4.86. The lowest BCUT2D eigenvalue weighted by atomic mass is 10.2. The minimum Gasteiger partial charge on any atom is -0.354 e. The molecule has 0 saturated heterocycles. The van der Waals surface area contributed by atoms with Crippen LogP contribution in [0.15, 0.2) is 53.4 Å². The molecule has 1 amide bonds. The summed E-state index contributed by atoms with van der Waals surface area (Å²) in [6.07, 6.45) is 0. The van der Waals surface area contributed by atoms with Gasteiger partial charge in [-0.3, -0.25) is 9.10 Å². The van der Waals surface area contributed by atoms with Gasteiger partial charge in [0.1, 0.15) is 6.54 Å². The summed E-state index contributed by atoms with van der Waals surface area (Å²) in [5, 5.41) is 3.26. The Labute approximate surface area is 182 Å². The zero-order chi connectivity index (χ0) is 21.7. The first kappa shape index (κ1) is 23.6. The number of sulfonamides is 1. The van der Waals surface area contributed by atoms with Crippen LogP contribution < -0.4 is 9.62 Å². The van der Waals surface area contributed by atoms with Crippen LogP contribution in [0.3, 0.4) is 0 Å². The molecule has 29 heavy (non-hydrogen) atoms. The Morgan fingerprint density at radius 1 is 1.07 bits per heavy atom. The van der Waals surface area contributed by atoms with Gasteiger partial charge in [0.05, 0.1) is 10.6 Å². The van der Waals surface area contributed by atoms with Crippen molar-refractivity contribution in [2.24, 2.45) is 0 Å². The average Bonchev–Trinajstić information content (AvgIpc) is 2.64. The molecule has 0 atom stereocenters. The molecule has 0 unspecified atom stereocenters. The van der Waals surface area contributed by atoms with Crippen molar-refractivity contribution >= 4 is 45.0 Å². The third-order valence-electron chi connectivity index (χ3n) is 3.97. The van der Waals surface area contributed by atoms with Gasteiger partial charge in [-0.15, -0.1) is 0 Å². The molecule has 0 aliphatic rings.